The van der Waals surface area contributed by atoms with Crippen LogP contribution in [-0.4, -0.2) is 35.4 Å². The summed E-state index contributed by atoms with van der Waals surface area (Å²) < 4.78 is 20.6. The summed E-state index contributed by atoms with van der Waals surface area (Å²) in [4.78, 5) is 29.0. The maximum absolute atomic E-state index is 13.7. The lowest BCUT2D eigenvalue weighted by Gasteiger charge is -2.32. The number of aryl methyl sites for hydroxylation is 2. The number of amides is 2. The van der Waals surface area contributed by atoms with Crippen molar-refractivity contribution in [1.29, 1.82) is 0 Å². The lowest BCUT2D eigenvalue weighted by Crippen LogP contribution is -2.53. The molecular formula is C31H34BrFN2O3. The molecule has 38 heavy (non-hydrogen) atoms. The van der Waals surface area contributed by atoms with Gasteiger partial charge in [-0.05, 0) is 73.2 Å². The Morgan fingerprint density at radius 1 is 1.00 bits per heavy atom. The van der Waals surface area contributed by atoms with Crippen molar-refractivity contribution in [3.05, 3.63) is 99.3 Å². The molecule has 0 bridgehead atoms. The minimum Gasteiger partial charge on any atom is -0.484 e. The van der Waals surface area contributed by atoms with E-state index in [0.717, 1.165) is 52.4 Å². The highest BCUT2D eigenvalue weighted by molar-refractivity contribution is 9.10. The van der Waals surface area contributed by atoms with Gasteiger partial charge in [0, 0.05) is 23.5 Å². The van der Waals surface area contributed by atoms with Gasteiger partial charge in [-0.2, -0.15) is 0 Å². The third-order valence-electron chi connectivity index (χ3n) is 7.01. The number of hydrogen-bond donors (Lipinski definition) is 1. The van der Waals surface area contributed by atoms with Gasteiger partial charge in [0.25, 0.3) is 5.91 Å². The van der Waals surface area contributed by atoms with Crippen molar-refractivity contribution in [2.75, 3.05) is 6.61 Å². The molecule has 5 nitrogen and oxygen atoms in total. The van der Waals surface area contributed by atoms with Crippen LogP contribution in [0.3, 0.4) is 0 Å². The van der Waals surface area contributed by atoms with E-state index in [-0.39, 0.29) is 36.8 Å². The molecule has 3 aromatic carbocycles. The number of carbonyl (C=O) groups is 2. The second kappa shape index (κ2) is 13.1. The van der Waals surface area contributed by atoms with E-state index >= 15 is 0 Å². The molecule has 1 fully saturated rings. The number of ether oxygens (including phenoxy) is 1. The van der Waals surface area contributed by atoms with Crippen molar-refractivity contribution in [3.63, 3.8) is 0 Å². The predicted octanol–water partition coefficient (Wildman–Crippen LogP) is 6.28. The molecule has 1 aliphatic rings. The number of nitrogens with zero attached hydrogens (tertiary/aromatic N) is 1. The Labute approximate surface area is 232 Å². The van der Waals surface area contributed by atoms with Crippen molar-refractivity contribution in [2.24, 2.45) is 0 Å². The van der Waals surface area contributed by atoms with Gasteiger partial charge in [-0.15, -0.1) is 0 Å². The highest BCUT2D eigenvalue weighted by Crippen LogP contribution is 2.27. The van der Waals surface area contributed by atoms with Crippen molar-refractivity contribution in [1.82, 2.24) is 10.2 Å². The van der Waals surface area contributed by atoms with Crippen LogP contribution < -0.4 is 10.1 Å². The first-order valence-electron chi connectivity index (χ1n) is 13.1. The van der Waals surface area contributed by atoms with Crippen LogP contribution in [0.2, 0.25) is 0 Å². The SMILES string of the molecule is Cc1cc(OCC(=O)N(Cc2ccc(F)cc2)[C@H](Cc2ccccc2)C(=O)NC2CCCC2)cc(C)c1Br. The monoisotopic (exact) mass is 580 g/mol. The Bertz CT molecular complexity index is 1220. The average molecular weight is 582 g/mol. The third-order valence-corrected chi connectivity index (χ3v) is 8.26. The molecule has 1 atom stereocenters. The summed E-state index contributed by atoms with van der Waals surface area (Å²) in [7, 11) is 0. The molecule has 1 saturated carbocycles. The zero-order valence-electron chi connectivity index (χ0n) is 21.9. The first-order valence-corrected chi connectivity index (χ1v) is 13.9. The van der Waals surface area contributed by atoms with Gasteiger partial charge in [0.2, 0.25) is 5.91 Å². The first kappa shape index (κ1) is 27.8. The van der Waals surface area contributed by atoms with Gasteiger partial charge in [0.1, 0.15) is 17.6 Å². The lowest BCUT2D eigenvalue weighted by molar-refractivity contribution is -0.143. The molecule has 7 heteroatoms. The van der Waals surface area contributed by atoms with Crippen LogP contribution in [0.5, 0.6) is 5.75 Å². The fourth-order valence-electron chi connectivity index (χ4n) is 4.93. The first-order chi connectivity index (χ1) is 18.3. The van der Waals surface area contributed by atoms with E-state index in [2.05, 4.69) is 21.2 Å². The van der Waals surface area contributed by atoms with E-state index in [4.69, 9.17) is 4.74 Å². The zero-order valence-corrected chi connectivity index (χ0v) is 23.5. The van der Waals surface area contributed by atoms with Crippen LogP contribution in [0.4, 0.5) is 4.39 Å². The molecule has 0 unspecified atom stereocenters. The molecule has 0 heterocycles. The molecule has 0 radical (unpaired) electrons. The standard InChI is InChI=1S/C31H34BrFN2O3/c1-21-16-27(17-22(2)30(21)32)38-20-29(36)35(19-24-12-14-25(33)15-13-24)28(18-23-8-4-3-5-9-23)31(37)34-26-10-6-7-11-26/h3-5,8-9,12-17,26,28H,6-7,10-11,18-20H2,1-2H3,(H,34,37)/t28-/m1/s1. The van der Waals surface area contributed by atoms with E-state index in [1.807, 2.05) is 56.3 Å². The van der Waals surface area contributed by atoms with Crippen LogP contribution in [0.15, 0.2) is 71.2 Å². The fraction of sp³-hybridized carbons (Fsp3) is 0.355. The highest BCUT2D eigenvalue weighted by atomic mass is 79.9. The van der Waals surface area contributed by atoms with Crippen molar-refractivity contribution >= 4 is 27.7 Å². The van der Waals surface area contributed by atoms with Crippen LogP contribution in [0.25, 0.3) is 0 Å². The van der Waals surface area contributed by atoms with Crippen LogP contribution >= 0.6 is 15.9 Å². The summed E-state index contributed by atoms with van der Waals surface area (Å²) in [5, 5.41) is 3.19. The van der Waals surface area contributed by atoms with Gasteiger partial charge < -0.3 is 15.0 Å². The Kier molecular flexibility index (Phi) is 9.56. The Balaban J connectivity index is 1.61. The molecule has 1 N–H and O–H groups in total. The van der Waals surface area contributed by atoms with Crippen LogP contribution in [0.1, 0.15) is 47.9 Å². The number of hydrogen-bond acceptors (Lipinski definition) is 3. The topological polar surface area (TPSA) is 58.6 Å². The molecule has 2 amide bonds. The summed E-state index contributed by atoms with van der Waals surface area (Å²) in [5.74, 6) is -0.245. The van der Waals surface area contributed by atoms with Crippen LogP contribution in [-0.2, 0) is 22.6 Å². The summed E-state index contributed by atoms with van der Waals surface area (Å²) in [6.45, 7) is 3.88. The van der Waals surface area contributed by atoms with E-state index in [1.54, 1.807) is 17.0 Å². The van der Waals surface area contributed by atoms with Gasteiger partial charge in [0.05, 0.1) is 0 Å². The second-order valence-corrected chi connectivity index (χ2v) is 10.8. The molecule has 200 valence electrons. The van der Waals surface area contributed by atoms with Gasteiger partial charge in [-0.3, -0.25) is 9.59 Å². The zero-order chi connectivity index (χ0) is 27.1. The quantitative estimate of drug-likeness (QED) is 0.307. The smallest absolute Gasteiger partial charge is 0.261 e. The normalized spacial score (nSPS) is 14.2. The van der Waals surface area contributed by atoms with E-state index < -0.39 is 6.04 Å². The third kappa shape index (κ3) is 7.44. The fourth-order valence-corrected chi connectivity index (χ4v) is 5.15. The minimum absolute atomic E-state index is 0.119. The average Bonchev–Trinajstić information content (AvgIpc) is 3.42. The maximum atomic E-state index is 13.7. The second-order valence-electron chi connectivity index (χ2n) is 10.0. The van der Waals surface area contributed by atoms with Gasteiger partial charge in [0.15, 0.2) is 6.61 Å². The summed E-state index contributed by atoms with van der Waals surface area (Å²) >= 11 is 3.56. The molecule has 0 aliphatic heterocycles. The Morgan fingerprint density at radius 2 is 1.63 bits per heavy atom. The number of halogens is 2. The number of rotatable bonds is 10. The van der Waals surface area contributed by atoms with Crippen molar-refractivity contribution in [3.8, 4) is 5.75 Å². The molecule has 0 aromatic heterocycles. The van der Waals surface area contributed by atoms with Gasteiger partial charge >= 0.3 is 0 Å². The molecule has 0 spiro atoms. The van der Waals surface area contributed by atoms with Gasteiger partial charge in [-0.1, -0.05) is 71.2 Å². The van der Waals surface area contributed by atoms with E-state index in [9.17, 15) is 14.0 Å². The largest absolute Gasteiger partial charge is 0.484 e. The van der Waals surface area contributed by atoms with Crippen LogP contribution in [0, 0.1) is 19.7 Å². The number of benzene rings is 3. The van der Waals surface area contributed by atoms with Gasteiger partial charge in [-0.25, -0.2) is 4.39 Å². The number of nitrogens with one attached hydrogen (secondary N) is 1. The minimum atomic E-state index is -0.743. The summed E-state index contributed by atoms with van der Waals surface area (Å²) in [6, 6.07) is 18.9. The van der Waals surface area contributed by atoms with E-state index in [1.165, 1.54) is 12.1 Å². The predicted molar refractivity (Wildman–Crippen MR) is 150 cm³/mol. The molecular weight excluding hydrogens is 547 g/mol. The molecule has 1 aliphatic carbocycles. The Hall–Kier alpha value is -3.19. The summed E-state index contributed by atoms with van der Waals surface area (Å²) in [6.07, 6.45) is 4.43. The molecule has 4 rings (SSSR count). The Morgan fingerprint density at radius 3 is 2.26 bits per heavy atom. The summed E-state index contributed by atoms with van der Waals surface area (Å²) in [5.41, 5.74) is 3.71. The lowest BCUT2D eigenvalue weighted by atomic mass is 10.0. The van der Waals surface area contributed by atoms with E-state index in [0.29, 0.717) is 12.2 Å². The maximum Gasteiger partial charge on any atom is 0.261 e. The highest BCUT2D eigenvalue weighted by Gasteiger charge is 2.32. The molecule has 0 saturated heterocycles. The van der Waals surface area contributed by atoms with Crippen molar-refractivity contribution in [2.45, 2.75) is 64.6 Å². The molecule has 3 aromatic rings. The van der Waals surface area contributed by atoms with Crippen molar-refractivity contribution < 1.29 is 18.7 Å². The number of carbonyl (C=O) groups excluding carboxylic acids is 2.